The van der Waals surface area contributed by atoms with E-state index in [0.29, 0.717) is 24.2 Å². The van der Waals surface area contributed by atoms with E-state index >= 15 is 0 Å². The minimum absolute atomic E-state index is 0.0211. The molecule has 0 spiro atoms. The molecule has 2 rings (SSSR count). The third-order valence-electron chi connectivity index (χ3n) is 4.30. The van der Waals surface area contributed by atoms with Gasteiger partial charge in [-0.15, -0.1) is 0 Å². The number of anilines is 1. The second kappa shape index (κ2) is 10.5. The van der Waals surface area contributed by atoms with Crippen LogP contribution < -0.4 is 10.6 Å². The van der Waals surface area contributed by atoms with E-state index in [4.69, 9.17) is 0 Å². The van der Waals surface area contributed by atoms with Gasteiger partial charge in [0.25, 0.3) is 0 Å². The minimum atomic E-state index is -0.634. The van der Waals surface area contributed by atoms with E-state index in [1.807, 2.05) is 51.1 Å². The lowest BCUT2D eigenvalue weighted by Gasteiger charge is -2.20. The van der Waals surface area contributed by atoms with E-state index < -0.39 is 6.10 Å². The van der Waals surface area contributed by atoms with E-state index in [9.17, 15) is 14.7 Å². The van der Waals surface area contributed by atoms with Crippen LogP contribution in [-0.2, 0) is 4.79 Å². The number of rotatable bonds is 9. The minimum Gasteiger partial charge on any atom is -0.387 e. The quantitative estimate of drug-likeness (QED) is 0.456. The highest BCUT2D eigenvalue weighted by Gasteiger charge is 2.16. The number of Topliss-reactive ketones (excluding diaryl/α,β-unsaturated/α-hetero) is 1. The number of nitrogens with one attached hydrogen (secondary N) is 2. The van der Waals surface area contributed by atoms with Gasteiger partial charge in [0.15, 0.2) is 5.78 Å². The zero-order valence-electron chi connectivity index (χ0n) is 16.6. The molecule has 1 amide bonds. The Labute approximate surface area is 166 Å². The van der Waals surface area contributed by atoms with Crippen LogP contribution in [-0.4, -0.2) is 29.4 Å². The summed E-state index contributed by atoms with van der Waals surface area (Å²) in [6, 6.07) is 16.2. The molecule has 0 radical (unpaired) electrons. The molecule has 0 fully saturated rings. The summed E-state index contributed by atoms with van der Waals surface area (Å²) in [6.45, 7) is 6.05. The number of allylic oxidation sites excluding steroid dienone is 1. The second-order valence-corrected chi connectivity index (χ2v) is 7.06. The Morgan fingerprint density at radius 1 is 1.07 bits per heavy atom. The van der Waals surface area contributed by atoms with Gasteiger partial charge in [-0.05, 0) is 38.5 Å². The first-order valence-corrected chi connectivity index (χ1v) is 9.42. The number of hydrogen-bond acceptors (Lipinski definition) is 4. The van der Waals surface area contributed by atoms with E-state index in [1.165, 1.54) is 6.08 Å². The number of ketones is 1. The molecule has 0 saturated heterocycles. The zero-order chi connectivity index (χ0) is 20.5. The molecule has 2 aromatic rings. The monoisotopic (exact) mass is 380 g/mol. The second-order valence-electron chi connectivity index (χ2n) is 7.06. The molecule has 28 heavy (non-hydrogen) atoms. The van der Waals surface area contributed by atoms with Gasteiger partial charge in [0, 0.05) is 36.3 Å². The topological polar surface area (TPSA) is 78.4 Å². The van der Waals surface area contributed by atoms with Crippen molar-refractivity contribution in [2.24, 2.45) is 0 Å². The van der Waals surface area contributed by atoms with Crippen molar-refractivity contribution in [3.63, 3.8) is 0 Å². The summed E-state index contributed by atoms with van der Waals surface area (Å²) in [5, 5.41) is 16.3. The largest absolute Gasteiger partial charge is 0.387 e. The summed E-state index contributed by atoms with van der Waals surface area (Å²) in [5.41, 5.74) is 2.89. The Bertz CT molecular complexity index is 827. The fraction of sp³-hybridized carbons (Fsp3) is 0.304. The molecule has 0 aliphatic rings. The lowest BCUT2D eigenvalue weighted by atomic mass is 10.0. The van der Waals surface area contributed by atoms with Gasteiger partial charge in [0.05, 0.1) is 6.10 Å². The van der Waals surface area contributed by atoms with Crippen LogP contribution in [0, 0.1) is 0 Å². The number of benzene rings is 2. The lowest BCUT2D eigenvalue weighted by Crippen LogP contribution is -2.33. The third-order valence-corrected chi connectivity index (χ3v) is 4.30. The maximum Gasteiger partial charge on any atom is 0.248 e. The molecule has 0 bridgehead atoms. The first kappa shape index (κ1) is 21.5. The summed E-state index contributed by atoms with van der Waals surface area (Å²) in [7, 11) is 0. The number of carbonyl (C=O) groups excluding carboxylic acids is 2. The number of carbonyl (C=O) groups is 2. The van der Waals surface area contributed by atoms with Crippen LogP contribution in [0.15, 0.2) is 66.2 Å². The molecule has 0 saturated carbocycles. The van der Waals surface area contributed by atoms with E-state index in [1.54, 1.807) is 24.3 Å². The first-order valence-electron chi connectivity index (χ1n) is 9.42. The molecule has 2 atom stereocenters. The van der Waals surface area contributed by atoms with Crippen LogP contribution in [0.5, 0.6) is 0 Å². The Morgan fingerprint density at radius 3 is 2.46 bits per heavy atom. The number of aliphatic hydroxyl groups is 1. The molecule has 0 heterocycles. The van der Waals surface area contributed by atoms with Crippen LogP contribution in [0.3, 0.4) is 0 Å². The van der Waals surface area contributed by atoms with Crippen LogP contribution >= 0.6 is 0 Å². The van der Waals surface area contributed by atoms with Gasteiger partial charge in [-0.2, -0.15) is 0 Å². The molecule has 148 valence electrons. The predicted octanol–water partition coefficient (Wildman–Crippen LogP) is 3.88. The summed E-state index contributed by atoms with van der Waals surface area (Å²) in [5.74, 6) is -0.234. The Kier molecular flexibility index (Phi) is 8.11. The van der Waals surface area contributed by atoms with Gasteiger partial charge in [-0.3, -0.25) is 9.59 Å². The van der Waals surface area contributed by atoms with Gasteiger partial charge >= 0.3 is 0 Å². The van der Waals surface area contributed by atoms with Gasteiger partial charge < -0.3 is 15.7 Å². The molecular weight excluding hydrogens is 352 g/mol. The zero-order valence-corrected chi connectivity index (χ0v) is 16.6. The van der Waals surface area contributed by atoms with E-state index in [0.717, 1.165) is 11.1 Å². The summed E-state index contributed by atoms with van der Waals surface area (Å²) in [4.78, 5) is 24.3. The van der Waals surface area contributed by atoms with Crippen molar-refractivity contribution in [1.29, 1.82) is 0 Å². The maximum atomic E-state index is 12.5. The molecule has 2 aromatic carbocycles. The van der Waals surface area contributed by atoms with Crippen LogP contribution in [0.25, 0.3) is 0 Å². The normalized spacial score (nSPS) is 12.7. The fourth-order valence-electron chi connectivity index (χ4n) is 2.82. The Balaban J connectivity index is 1.87. The highest BCUT2D eigenvalue weighted by molar-refractivity contribution is 6.01. The van der Waals surface area contributed by atoms with Crippen LogP contribution in [0.2, 0.25) is 0 Å². The van der Waals surface area contributed by atoms with Crippen molar-refractivity contribution in [3.05, 3.63) is 77.4 Å². The summed E-state index contributed by atoms with van der Waals surface area (Å²) >= 11 is 0. The fourth-order valence-corrected chi connectivity index (χ4v) is 2.82. The van der Waals surface area contributed by atoms with Crippen molar-refractivity contribution in [3.8, 4) is 0 Å². The standard InChI is InChI=1S/C23H28N2O3/c1-16(2)14-22(27)25-20-11-7-10-19(15-20)21(26)12-13-24-17(3)23(28)18-8-5-4-6-9-18/h4-11,14-15,17,23-24,28H,12-13H2,1-3H3,(H,25,27). The van der Waals surface area contributed by atoms with Crippen molar-refractivity contribution in [2.45, 2.75) is 39.3 Å². The molecule has 5 heteroatoms. The number of hydrogen-bond donors (Lipinski definition) is 3. The molecule has 0 aliphatic heterocycles. The molecule has 2 unspecified atom stereocenters. The van der Waals surface area contributed by atoms with Crippen molar-refractivity contribution >= 4 is 17.4 Å². The van der Waals surface area contributed by atoms with Crippen molar-refractivity contribution < 1.29 is 14.7 Å². The number of aliphatic hydroxyl groups excluding tert-OH is 1. The van der Waals surface area contributed by atoms with Crippen molar-refractivity contribution in [1.82, 2.24) is 5.32 Å². The lowest BCUT2D eigenvalue weighted by molar-refractivity contribution is -0.111. The third kappa shape index (κ3) is 6.76. The predicted molar refractivity (Wildman–Crippen MR) is 112 cm³/mol. The Morgan fingerprint density at radius 2 is 1.79 bits per heavy atom. The molecule has 5 nitrogen and oxygen atoms in total. The highest BCUT2D eigenvalue weighted by atomic mass is 16.3. The SMILES string of the molecule is CC(C)=CC(=O)Nc1cccc(C(=O)CCNC(C)C(O)c2ccccc2)c1. The first-order chi connectivity index (χ1) is 13.4. The van der Waals surface area contributed by atoms with Crippen LogP contribution in [0.4, 0.5) is 5.69 Å². The van der Waals surface area contributed by atoms with Gasteiger partial charge in [0.1, 0.15) is 0 Å². The summed E-state index contributed by atoms with van der Waals surface area (Å²) in [6.07, 6.45) is 1.18. The summed E-state index contributed by atoms with van der Waals surface area (Å²) < 4.78 is 0. The number of amides is 1. The smallest absolute Gasteiger partial charge is 0.248 e. The van der Waals surface area contributed by atoms with E-state index in [2.05, 4.69) is 10.6 Å². The van der Waals surface area contributed by atoms with Crippen molar-refractivity contribution in [2.75, 3.05) is 11.9 Å². The van der Waals surface area contributed by atoms with Crippen LogP contribution in [0.1, 0.15) is 49.2 Å². The molecular formula is C23H28N2O3. The van der Waals surface area contributed by atoms with Gasteiger partial charge in [-0.25, -0.2) is 0 Å². The van der Waals surface area contributed by atoms with Gasteiger partial charge in [0.2, 0.25) is 5.91 Å². The highest BCUT2D eigenvalue weighted by Crippen LogP contribution is 2.16. The van der Waals surface area contributed by atoms with E-state index in [-0.39, 0.29) is 17.7 Å². The Hall–Kier alpha value is -2.76. The molecule has 0 aliphatic carbocycles. The average molecular weight is 380 g/mol. The maximum absolute atomic E-state index is 12.5. The molecule has 3 N–H and O–H groups in total. The average Bonchev–Trinajstić information content (AvgIpc) is 2.67. The van der Waals surface area contributed by atoms with Gasteiger partial charge in [-0.1, -0.05) is 48.0 Å². The molecule has 0 aromatic heterocycles.